The lowest BCUT2D eigenvalue weighted by atomic mass is 9.72. The summed E-state index contributed by atoms with van der Waals surface area (Å²) in [5.74, 6) is 0.662. The molecule has 2 aromatic rings. The number of phenolic OH excluding ortho intramolecular Hbond substituents is 2. The molecule has 0 atom stereocenters. The summed E-state index contributed by atoms with van der Waals surface area (Å²) in [7, 11) is 0. The minimum atomic E-state index is -0.294. The van der Waals surface area contributed by atoms with Gasteiger partial charge in [-0.1, -0.05) is 95.2 Å². The first-order chi connectivity index (χ1) is 13.7. The first kappa shape index (κ1) is 25.3. The van der Waals surface area contributed by atoms with E-state index in [0.29, 0.717) is 11.5 Å². The molecule has 0 aromatic heterocycles. The molecule has 2 N–H and O–H groups in total. The number of benzene rings is 2. The fourth-order valence-corrected chi connectivity index (χ4v) is 4.29. The van der Waals surface area contributed by atoms with Crippen LogP contribution in [-0.2, 0) is 21.7 Å². The van der Waals surface area contributed by atoms with Crippen LogP contribution in [0.2, 0.25) is 0 Å². The predicted octanol–water partition coefficient (Wildman–Crippen LogP) is 8.26. The van der Waals surface area contributed by atoms with Crippen LogP contribution in [0, 0.1) is 6.92 Å². The maximum Gasteiger partial charge on any atom is 0.127 e. The van der Waals surface area contributed by atoms with E-state index in [4.69, 9.17) is 0 Å². The molecule has 0 saturated carbocycles. The molecule has 0 aliphatic carbocycles. The zero-order valence-corrected chi connectivity index (χ0v) is 22.1. The van der Waals surface area contributed by atoms with Gasteiger partial charge in [-0.15, -0.1) is 0 Å². The molecule has 2 aromatic carbocycles. The van der Waals surface area contributed by atoms with Gasteiger partial charge in [0.15, 0.2) is 0 Å². The summed E-state index contributed by atoms with van der Waals surface area (Å²) >= 11 is 0. The number of phenols is 2. The van der Waals surface area contributed by atoms with Gasteiger partial charge in [-0.3, -0.25) is 0 Å². The van der Waals surface area contributed by atoms with Gasteiger partial charge in [-0.05, 0) is 56.9 Å². The number of aromatic hydroxyl groups is 2. The van der Waals surface area contributed by atoms with Crippen molar-refractivity contribution < 1.29 is 10.2 Å². The zero-order valence-electron chi connectivity index (χ0n) is 22.1. The maximum atomic E-state index is 11.5. The van der Waals surface area contributed by atoms with Crippen LogP contribution in [0.1, 0.15) is 111 Å². The van der Waals surface area contributed by atoms with E-state index in [1.807, 2.05) is 0 Å². The standard InChI is InChI=1S/C29H44O2/c1-17-14-20(27(5,6)7)25(31)23(29(11,12)13)22(17)19-15-18(26(2,3)4)16-21(24(19)30)28(8,9)10/h14-16,30-31H,1-13H3. The van der Waals surface area contributed by atoms with Crippen molar-refractivity contribution in [2.24, 2.45) is 0 Å². The van der Waals surface area contributed by atoms with Gasteiger partial charge in [0, 0.05) is 16.7 Å². The second-order valence-electron chi connectivity index (χ2n) is 13.3. The van der Waals surface area contributed by atoms with E-state index in [9.17, 15) is 10.2 Å². The first-order valence-electron chi connectivity index (χ1n) is 11.4. The molecule has 2 nitrogen and oxygen atoms in total. The molecule has 0 aliphatic rings. The lowest BCUT2D eigenvalue weighted by Gasteiger charge is -2.33. The Labute approximate surface area is 190 Å². The molecular formula is C29H44O2. The SMILES string of the molecule is Cc1cc(C(C)(C)C)c(O)c(C(C)(C)C)c1-c1cc(C(C)(C)C)cc(C(C)(C)C)c1O. The van der Waals surface area contributed by atoms with Gasteiger partial charge in [-0.2, -0.15) is 0 Å². The molecule has 0 bridgehead atoms. The summed E-state index contributed by atoms with van der Waals surface area (Å²) < 4.78 is 0. The van der Waals surface area contributed by atoms with Crippen LogP contribution >= 0.6 is 0 Å². The second-order valence-corrected chi connectivity index (χ2v) is 13.3. The smallest absolute Gasteiger partial charge is 0.127 e. The molecule has 0 heterocycles. The average molecular weight is 425 g/mol. The van der Waals surface area contributed by atoms with Crippen LogP contribution in [0.5, 0.6) is 11.5 Å². The Morgan fingerprint density at radius 1 is 0.548 bits per heavy atom. The fourth-order valence-electron chi connectivity index (χ4n) is 4.29. The molecule has 172 valence electrons. The van der Waals surface area contributed by atoms with Gasteiger partial charge in [0.25, 0.3) is 0 Å². The van der Waals surface area contributed by atoms with Gasteiger partial charge in [0.05, 0.1) is 0 Å². The summed E-state index contributed by atoms with van der Waals surface area (Å²) in [4.78, 5) is 0. The minimum absolute atomic E-state index is 0.0638. The van der Waals surface area contributed by atoms with E-state index in [1.54, 1.807) is 0 Å². The third kappa shape index (κ3) is 4.94. The fraction of sp³-hybridized carbons (Fsp3) is 0.586. The summed E-state index contributed by atoms with van der Waals surface area (Å²) in [6, 6.07) is 6.37. The highest BCUT2D eigenvalue weighted by Crippen LogP contribution is 2.50. The third-order valence-corrected chi connectivity index (χ3v) is 6.11. The molecule has 0 saturated heterocycles. The topological polar surface area (TPSA) is 40.5 Å². The van der Waals surface area contributed by atoms with Crippen molar-refractivity contribution in [3.05, 3.63) is 46.0 Å². The highest BCUT2D eigenvalue weighted by molar-refractivity contribution is 5.82. The number of hydrogen-bond donors (Lipinski definition) is 2. The van der Waals surface area contributed by atoms with Crippen molar-refractivity contribution in [3.8, 4) is 22.6 Å². The molecule has 0 fully saturated rings. The normalized spacial score (nSPS) is 13.6. The van der Waals surface area contributed by atoms with Gasteiger partial charge in [-0.25, -0.2) is 0 Å². The van der Waals surface area contributed by atoms with E-state index in [1.165, 1.54) is 5.56 Å². The quantitative estimate of drug-likeness (QED) is 0.483. The predicted molar refractivity (Wildman–Crippen MR) is 135 cm³/mol. The Morgan fingerprint density at radius 2 is 1.00 bits per heavy atom. The van der Waals surface area contributed by atoms with Crippen molar-refractivity contribution in [3.63, 3.8) is 0 Å². The van der Waals surface area contributed by atoms with Crippen LogP contribution in [0.4, 0.5) is 0 Å². The molecule has 0 amide bonds. The van der Waals surface area contributed by atoms with Crippen molar-refractivity contribution in [2.75, 3.05) is 0 Å². The summed E-state index contributed by atoms with van der Waals surface area (Å²) in [5, 5.41) is 23.0. The monoisotopic (exact) mass is 424 g/mol. The van der Waals surface area contributed by atoms with Crippen molar-refractivity contribution >= 4 is 0 Å². The second kappa shape index (κ2) is 7.57. The molecule has 2 heteroatoms. The highest BCUT2D eigenvalue weighted by Gasteiger charge is 2.33. The Morgan fingerprint density at radius 3 is 1.39 bits per heavy atom. The Balaban J connectivity index is 3.12. The molecule has 0 aliphatic heterocycles. The van der Waals surface area contributed by atoms with E-state index in [2.05, 4.69) is 108 Å². The lowest BCUT2D eigenvalue weighted by molar-refractivity contribution is 0.423. The van der Waals surface area contributed by atoms with Gasteiger partial charge in [0.2, 0.25) is 0 Å². The first-order valence-corrected chi connectivity index (χ1v) is 11.4. The molecule has 0 radical (unpaired) electrons. The Kier molecular flexibility index (Phi) is 6.18. The largest absolute Gasteiger partial charge is 0.507 e. The third-order valence-electron chi connectivity index (χ3n) is 6.11. The maximum absolute atomic E-state index is 11.5. The van der Waals surface area contributed by atoms with Crippen LogP contribution in [0.25, 0.3) is 11.1 Å². The summed E-state index contributed by atoms with van der Waals surface area (Å²) in [5.41, 5.74) is 6.07. The zero-order chi connectivity index (χ0) is 24.3. The molecule has 0 spiro atoms. The number of aryl methyl sites for hydroxylation is 1. The highest BCUT2D eigenvalue weighted by atomic mass is 16.3. The van der Waals surface area contributed by atoms with Crippen molar-refractivity contribution in [1.82, 2.24) is 0 Å². The van der Waals surface area contributed by atoms with E-state index >= 15 is 0 Å². The molecular weight excluding hydrogens is 380 g/mol. The van der Waals surface area contributed by atoms with Crippen LogP contribution in [0.3, 0.4) is 0 Å². The van der Waals surface area contributed by atoms with Gasteiger partial charge in [0.1, 0.15) is 11.5 Å². The minimum Gasteiger partial charge on any atom is -0.507 e. The van der Waals surface area contributed by atoms with E-state index < -0.39 is 0 Å². The molecule has 2 rings (SSSR count). The van der Waals surface area contributed by atoms with Gasteiger partial charge < -0.3 is 10.2 Å². The Bertz CT molecular complexity index is 982. The van der Waals surface area contributed by atoms with E-state index in [-0.39, 0.29) is 21.7 Å². The van der Waals surface area contributed by atoms with E-state index in [0.717, 1.165) is 33.4 Å². The van der Waals surface area contributed by atoms with Crippen molar-refractivity contribution in [1.29, 1.82) is 0 Å². The Hall–Kier alpha value is -1.96. The molecule has 31 heavy (non-hydrogen) atoms. The van der Waals surface area contributed by atoms with Crippen LogP contribution < -0.4 is 0 Å². The number of rotatable bonds is 1. The summed E-state index contributed by atoms with van der Waals surface area (Å²) in [6.07, 6.45) is 0. The lowest BCUT2D eigenvalue weighted by Crippen LogP contribution is -2.20. The number of hydrogen-bond acceptors (Lipinski definition) is 2. The van der Waals surface area contributed by atoms with Crippen molar-refractivity contribution in [2.45, 2.75) is 112 Å². The average Bonchev–Trinajstić information content (AvgIpc) is 2.52. The molecule has 0 unspecified atom stereocenters. The van der Waals surface area contributed by atoms with Crippen LogP contribution in [0.15, 0.2) is 18.2 Å². The summed E-state index contributed by atoms with van der Waals surface area (Å²) in [6.45, 7) is 27.9. The van der Waals surface area contributed by atoms with Gasteiger partial charge >= 0.3 is 0 Å². The van der Waals surface area contributed by atoms with Crippen LogP contribution in [-0.4, -0.2) is 10.2 Å².